The highest BCUT2D eigenvalue weighted by atomic mass is 35.5. The van der Waals surface area contributed by atoms with E-state index < -0.39 is 11.7 Å². The van der Waals surface area contributed by atoms with Gasteiger partial charge in [-0.25, -0.2) is 4.39 Å². The lowest BCUT2D eigenvalue weighted by atomic mass is 10.1. The first-order valence-electron chi connectivity index (χ1n) is 7.57. The number of carbonyl (C=O) groups excluding carboxylic acids is 2. The summed E-state index contributed by atoms with van der Waals surface area (Å²) in [6, 6.07) is 9.19. The Hall–Kier alpha value is -2.60. The minimum absolute atomic E-state index is 0.0699. The highest BCUT2D eigenvalue weighted by Crippen LogP contribution is 2.24. The van der Waals surface area contributed by atoms with Crippen molar-refractivity contribution in [3.63, 3.8) is 0 Å². The summed E-state index contributed by atoms with van der Waals surface area (Å²) in [5.41, 5.74) is 2.73. The van der Waals surface area contributed by atoms with E-state index in [2.05, 4.69) is 10.6 Å². The van der Waals surface area contributed by atoms with Gasteiger partial charge >= 0.3 is 0 Å². The average Bonchev–Trinajstić information content (AvgIpc) is 2.56. The Balaban J connectivity index is 1.79. The number of amides is 2. The summed E-state index contributed by atoms with van der Waals surface area (Å²) in [4.78, 5) is 23.7. The van der Waals surface area contributed by atoms with Crippen LogP contribution in [0, 0.1) is 19.7 Å². The minimum Gasteiger partial charge on any atom is -0.482 e. The third-order valence-corrected chi connectivity index (χ3v) is 3.87. The standard InChI is InChI=1S/C18H18ClFN2O3/c1-11-4-3-5-15(12(11)2)22-17(23)9-21-18(24)10-25-16-7-6-13(20)8-14(16)19/h3-8H,9-10H2,1-2H3,(H,21,24)(H,22,23). The van der Waals surface area contributed by atoms with Gasteiger partial charge in [0.1, 0.15) is 11.6 Å². The summed E-state index contributed by atoms with van der Waals surface area (Å²) in [5.74, 6) is -1.14. The van der Waals surface area contributed by atoms with Crippen molar-refractivity contribution in [3.8, 4) is 5.75 Å². The molecule has 0 spiro atoms. The molecule has 0 fully saturated rings. The number of hydrogen-bond acceptors (Lipinski definition) is 3. The van der Waals surface area contributed by atoms with Crippen molar-refractivity contribution in [2.24, 2.45) is 0 Å². The van der Waals surface area contributed by atoms with Crippen LogP contribution in [-0.4, -0.2) is 25.0 Å². The minimum atomic E-state index is -0.495. The predicted molar refractivity (Wildman–Crippen MR) is 94.5 cm³/mol. The molecule has 2 aromatic carbocycles. The molecule has 0 saturated heterocycles. The lowest BCUT2D eigenvalue weighted by Crippen LogP contribution is -2.35. The van der Waals surface area contributed by atoms with Gasteiger partial charge in [0.05, 0.1) is 11.6 Å². The van der Waals surface area contributed by atoms with Crippen LogP contribution in [0.3, 0.4) is 0 Å². The van der Waals surface area contributed by atoms with E-state index in [0.717, 1.165) is 17.2 Å². The molecule has 7 heteroatoms. The molecule has 0 aliphatic rings. The zero-order valence-electron chi connectivity index (χ0n) is 13.9. The van der Waals surface area contributed by atoms with Crippen LogP contribution in [0.5, 0.6) is 5.75 Å². The van der Waals surface area contributed by atoms with Crippen molar-refractivity contribution in [2.75, 3.05) is 18.5 Å². The number of nitrogens with one attached hydrogen (secondary N) is 2. The zero-order valence-corrected chi connectivity index (χ0v) is 14.6. The van der Waals surface area contributed by atoms with Crippen molar-refractivity contribution >= 4 is 29.1 Å². The molecule has 25 heavy (non-hydrogen) atoms. The van der Waals surface area contributed by atoms with Gasteiger partial charge in [-0.05, 0) is 49.2 Å². The lowest BCUT2D eigenvalue weighted by molar-refractivity contribution is -0.125. The molecule has 2 rings (SSSR count). The van der Waals surface area contributed by atoms with Gasteiger partial charge in [0.25, 0.3) is 5.91 Å². The number of ether oxygens (including phenoxy) is 1. The number of hydrogen-bond donors (Lipinski definition) is 2. The summed E-state index contributed by atoms with van der Waals surface area (Å²) < 4.78 is 18.1. The van der Waals surface area contributed by atoms with E-state index in [-0.39, 0.29) is 29.8 Å². The Morgan fingerprint density at radius 2 is 1.92 bits per heavy atom. The summed E-state index contributed by atoms with van der Waals surface area (Å²) in [5, 5.41) is 5.25. The molecule has 0 heterocycles. The largest absolute Gasteiger partial charge is 0.482 e. The molecule has 0 saturated carbocycles. The summed E-state index contributed by atoms with van der Waals surface area (Å²) in [7, 11) is 0. The van der Waals surface area contributed by atoms with Crippen LogP contribution in [0.1, 0.15) is 11.1 Å². The maximum absolute atomic E-state index is 12.9. The zero-order chi connectivity index (χ0) is 18.4. The second-order valence-electron chi connectivity index (χ2n) is 5.44. The highest BCUT2D eigenvalue weighted by Gasteiger charge is 2.10. The number of aryl methyl sites for hydroxylation is 1. The summed E-state index contributed by atoms with van der Waals surface area (Å²) >= 11 is 5.80. The van der Waals surface area contributed by atoms with Crippen molar-refractivity contribution in [3.05, 3.63) is 58.4 Å². The quantitative estimate of drug-likeness (QED) is 0.827. The molecule has 2 aromatic rings. The Bertz CT molecular complexity index is 796. The van der Waals surface area contributed by atoms with E-state index >= 15 is 0 Å². The van der Waals surface area contributed by atoms with E-state index in [1.54, 1.807) is 6.07 Å². The first-order valence-corrected chi connectivity index (χ1v) is 7.95. The summed E-state index contributed by atoms with van der Waals surface area (Å²) in [6.07, 6.45) is 0. The molecule has 0 aliphatic heterocycles. The van der Waals surface area contributed by atoms with Crippen LogP contribution in [0.2, 0.25) is 5.02 Å². The maximum Gasteiger partial charge on any atom is 0.258 e. The van der Waals surface area contributed by atoms with Crippen molar-refractivity contribution in [1.82, 2.24) is 5.32 Å². The van der Waals surface area contributed by atoms with E-state index in [1.165, 1.54) is 12.1 Å². The maximum atomic E-state index is 12.9. The third kappa shape index (κ3) is 5.46. The molecule has 2 amide bonds. The van der Waals surface area contributed by atoms with Gasteiger partial charge in [0.15, 0.2) is 6.61 Å². The van der Waals surface area contributed by atoms with Gasteiger partial charge in [0, 0.05) is 5.69 Å². The average molecular weight is 365 g/mol. The van der Waals surface area contributed by atoms with Gasteiger partial charge in [-0.15, -0.1) is 0 Å². The number of benzene rings is 2. The molecule has 0 bridgehead atoms. The lowest BCUT2D eigenvalue weighted by Gasteiger charge is -2.11. The molecule has 0 unspecified atom stereocenters. The SMILES string of the molecule is Cc1cccc(NC(=O)CNC(=O)COc2ccc(F)cc2Cl)c1C. The van der Waals surface area contributed by atoms with Gasteiger partial charge < -0.3 is 15.4 Å². The van der Waals surface area contributed by atoms with Crippen molar-refractivity contribution < 1.29 is 18.7 Å². The van der Waals surface area contributed by atoms with Crippen LogP contribution in [0.25, 0.3) is 0 Å². The van der Waals surface area contributed by atoms with Crippen molar-refractivity contribution in [1.29, 1.82) is 0 Å². The van der Waals surface area contributed by atoms with Crippen LogP contribution >= 0.6 is 11.6 Å². The Labute approximate surface area is 150 Å². The smallest absolute Gasteiger partial charge is 0.258 e. The Morgan fingerprint density at radius 3 is 2.64 bits per heavy atom. The highest BCUT2D eigenvalue weighted by molar-refractivity contribution is 6.32. The predicted octanol–water partition coefficient (Wildman–Crippen LogP) is 3.23. The molecule has 5 nitrogen and oxygen atoms in total. The first kappa shape index (κ1) is 18.7. The Kier molecular flexibility index (Phi) is 6.36. The van der Waals surface area contributed by atoms with Crippen LogP contribution in [0.15, 0.2) is 36.4 Å². The number of anilines is 1. The van der Waals surface area contributed by atoms with E-state index in [4.69, 9.17) is 16.3 Å². The fourth-order valence-electron chi connectivity index (χ4n) is 2.05. The second kappa shape index (κ2) is 8.48. The van der Waals surface area contributed by atoms with Gasteiger partial charge in [-0.2, -0.15) is 0 Å². The number of halogens is 2. The second-order valence-corrected chi connectivity index (χ2v) is 5.84. The fourth-order valence-corrected chi connectivity index (χ4v) is 2.27. The number of rotatable bonds is 6. The molecular weight excluding hydrogens is 347 g/mol. The van der Waals surface area contributed by atoms with Gasteiger partial charge in [0.2, 0.25) is 5.91 Å². The molecule has 0 aromatic heterocycles. The van der Waals surface area contributed by atoms with Crippen molar-refractivity contribution in [2.45, 2.75) is 13.8 Å². The third-order valence-electron chi connectivity index (χ3n) is 3.58. The number of carbonyl (C=O) groups is 2. The first-order chi connectivity index (χ1) is 11.9. The van der Waals surface area contributed by atoms with E-state index in [1.807, 2.05) is 26.0 Å². The Morgan fingerprint density at radius 1 is 1.16 bits per heavy atom. The molecule has 132 valence electrons. The summed E-state index contributed by atoms with van der Waals surface area (Å²) in [6.45, 7) is 3.34. The molecule has 0 aliphatic carbocycles. The fraction of sp³-hybridized carbons (Fsp3) is 0.222. The van der Waals surface area contributed by atoms with E-state index in [0.29, 0.717) is 5.69 Å². The molecular formula is C18H18ClFN2O3. The molecule has 0 atom stereocenters. The van der Waals surface area contributed by atoms with E-state index in [9.17, 15) is 14.0 Å². The topological polar surface area (TPSA) is 67.4 Å². The van der Waals surface area contributed by atoms with Crippen LogP contribution < -0.4 is 15.4 Å². The monoisotopic (exact) mass is 364 g/mol. The molecule has 0 radical (unpaired) electrons. The normalized spacial score (nSPS) is 10.2. The van der Waals surface area contributed by atoms with Gasteiger partial charge in [-0.1, -0.05) is 23.7 Å². The molecule has 2 N–H and O–H groups in total. The van der Waals surface area contributed by atoms with Crippen LogP contribution in [0.4, 0.5) is 10.1 Å². The van der Waals surface area contributed by atoms with Gasteiger partial charge in [-0.3, -0.25) is 9.59 Å². The van der Waals surface area contributed by atoms with Crippen LogP contribution in [-0.2, 0) is 9.59 Å².